The van der Waals surface area contributed by atoms with E-state index in [9.17, 15) is 34.4 Å². The molecule has 12 nitrogen and oxygen atoms in total. The second-order valence-electron chi connectivity index (χ2n) is 14.1. The number of nitrogens with two attached hydrogens (primary N) is 1. The molecule has 0 aromatic carbocycles. The fraction of sp³-hybridized carbons (Fsp3) is 0.721. The number of ether oxygens (including phenoxy) is 2. The molecule has 0 saturated carbocycles. The molecular weight excluding hydrogens is 737 g/mol. The average molecular weight is 814 g/mol. The van der Waals surface area contributed by atoms with Crippen molar-refractivity contribution in [3.05, 3.63) is 60.8 Å². The van der Waals surface area contributed by atoms with Crippen molar-refractivity contribution in [2.45, 2.75) is 173 Å². The van der Waals surface area contributed by atoms with Crippen molar-refractivity contribution in [2.75, 3.05) is 26.4 Å². The summed E-state index contributed by atoms with van der Waals surface area (Å²) < 4.78 is 32.5. The highest BCUT2D eigenvalue weighted by atomic mass is 31.2. The Bertz CT molecular complexity index is 1160. The fourth-order valence-corrected chi connectivity index (χ4v) is 6.19. The summed E-state index contributed by atoms with van der Waals surface area (Å²) in [6.07, 6.45) is 33.3. The molecule has 6 N–H and O–H groups in total. The summed E-state index contributed by atoms with van der Waals surface area (Å²) in [7, 11) is -4.46. The van der Waals surface area contributed by atoms with Gasteiger partial charge in [-0.2, -0.15) is 0 Å². The molecule has 0 fully saturated rings. The van der Waals surface area contributed by atoms with Crippen LogP contribution in [0.25, 0.3) is 0 Å². The van der Waals surface area contributed by atoms with Gasteiger partial charge in [-0.15, -0.1) is 0 Å². The van der Waals surface area contributed by atoms with Gasteiger partial charge in [-0.1, -0.05) is 145 Å². The van der Waals surface area contributed by atoms with Gasteiger partial charge in [0.15, 0.2) is 6.10 Å². The van der Waals surface area contributed by atoms with Crippen molar-refractivity contribution in [1.29, 1.82) is 0 Å². The number of allylic oxidation sites excluding steroid dienone is 8. The topological polar surface area (TPSA) is 195 Å². The maximum absolute atomic E-state index is 12.6. The van der Waals surface area contributed by atoms with E-state index in [1.807, 2.05) is 0 Å². The molecule has 0 heterocycles. The average Bonchev–Trinajstić information content (AvgIpc) is 3.17. The number of aliphatic hydroxyl groups is 3. The number of unbranched alkanes of at least 4 members (excludes halogenated alkanes) is 13. The smallest absolute Gasteiger partial charge is 0.462 e. The molecule has 0 aliphatic rings. The van der Waals surface area contributed by atoms with E-state index in [-0.39, 0.29) is 38.8 Å². The molecule has 5 atom stereocenters. The third kappa shape index (κ3) is 36.0. The van der Waals surface area contributed by atoms with Gasteiger partial charge < -0.3 is 35.4 Å². The zero-order valence-corrected chi connectivity index (χ0v) is 35.3. The highest BCUT2D eigenvalue weighted by Gasteiger charge is 2.26. The lowest BCUT2D eigenvalue weighted by atomic mass is 10.1. The van der Waals surface area contributed by atoms with Crippen LogP contribution in [0.5, 0.6) is 0 Å². The minimum Gasteiger partial charge on any atom is -0.462 e. The highest BCUT2D eigenvalue weighted by Crippen LogP contribution is 2.43. The molecule has 0 rings (SSSR count). The van der Waals surface area contributed by atoms with Crippen molar-refractivity contribution in [3.63, 3.8) is 0 Å². The standard InChI is InChI=1S/C43H76NO11P/c1-3-5-7-8-9-10-11-12-13-14-15-16-17-22-26-32-43(49)55-39(37-54-56(50,51)53-35-34-44)36-52-42(48)33-27-31-41(47)40(46)30-25-21-19-18-20-24-29-38(45)28-23-6-4-2/h10-11,18-21,24-25,29-30,38-41,45-47H,3-9,12-17,22-23,26-28,31-37,44H2,1-2H3,(H,50,51)/b11-10-,20-18-,21-19+,29-24+,30-25+/t38-,39-,40-,41-/m1/s1. The number of hydrogen-bond donors (Lipinski definition) is 5. The van der Waals surface area contributed by atoms with E-state index in [0.717, 1.165) is 57.8 Å². The van der Waals surface area contributed by atoms with Gasteiger partial charge >= 0.3 is 19.8 Å². The van der Waals surface area contributed by atoms with Crippen molar-refractivity contribution in [3.8, 4) is 0 Å². The quantitative estimate of drug-likeness (QED) is 0.0131. The first kappa shape index (κ1) is 53.6. The molecular formula is C43H76NO11P. The van der Waals surface area contributed by atoms with E-state index in [1.54, 1.807) is 42.5 Å². The Labute approximate surface area is 337 Å². The first-order valence-corrected chi connectivity index (χ1v) is 22.6. The van der Waals surface area contributed by atoms with Gasteiger partial charge in [0, 0.05) is 19.4 Å². The van der Waals surface area contributed by atoms with E-state index in [0.29, 0.717) is 6.42 Å². The molecule has 0 bridgehead atoms. The van der Waals surface area contributed by atoms with Gasteiger partial charge in [0.2, 0.25) is 0 Å². The number of rotatable bonds is 38. The molecule has 13 heteroatoms. The summed E-state index contributed by atoms with van der Waals surface area (Å²) in [5.74, 6) is -1.17. The molecule has 56 heavy (non-hydrogen) atoms. The Morgan fingerprint density at radius 3 is 1.84 bits per heavy atom. The number of esters is 2. The normalized spacial score (nSPS) is 15.6. The van der Waals surface area contributed by atoms with E-state index >= 15 is 0 Å². The van der Waals surface area contributed by atoms with Crippen molar-refractivity contribution >= 4 is 19.8 Å². The predicted octanol–water partition coefficient (Wildman–Crippen LogP) is 8.63. The van der Waals surface area contributed by atoms with Crippen LogP contribution in [0, 0.1) is 0 Å². The number of phosphoric acid groups is 1. The third-order valence-corrected chi connectivity index (χ3v) is 9.73. The summed E-state index contributed by atoms with van der Waals surface area (Å²) in [5, 5.41) is 30.4. The van der Waals surface area contributed by atoms with Crippen LogP contribution in [-0.2, 0) is 32.7 Å². The second-order valence-corrected chi connectivity index (χ2v) is 15.5. The Balaban J connectivity index is 4.52. The number of phosphoric ester groups is 1. The van der Waals surface area contributed by atoms with E-state index < -0.39 is 57.4 Å². The lowest BCUT2D eigenvalue weighted by Crippen LogP contribution is -2.30. The minimum atomic E-state index is -4.46. The Hall–Kier alpha value is -2.41. The van der Waals surface area contributed by atoms with Gasteiger partial charge in [0.05, 0.1) is 31.5 Å². The van der Waals surface area contributed by atoms with Crippen LogP contribution >= 0.6 is 7.82 Å². The van der Waals surface area contributed by atoms with Crippen LogP contribution in [0.1, 0.15) is 149 Å². The van der Waals surface area contributed by atoms with Crippen LogP contribution in [0.2, 0.25) is 0 Å². The molecule has 0 aromatic rings. The van der Waals surface area contributed by atoms with Crippen LogP contribution < -0.4 is 5.73 Å². The third-order valence-electron chi connectivity index (χ3n) is 8.74. The maximum atomic E-state index is 12.6. The number of carbonyl (C=O) groups excluding carboxylic acids is 2. The summed E-state index contributed by atoms with van der Waals surface area (Å²) >= 11 is 0. The van der Waals surface area contributed by atoms with Gasteiger partial charge in [-0.25, -0.2) is 4.57 Å². The maximum Gasteiger partial charge on any atom is 0.472 e. The van der Waals surface area contributed by atoms with Gasteiger partial charge in [-0.3, -0.25) is 18.6 Å². The van der Waals surface area contributed by atoms with Crippen LogP contribution in [0.15, 0.2) is 60.8 Å². The molecule has 0 aliphatic carbocycles. The molecule has 1 unspecified atom stereocenters. The Morgan fingerprint density at radius 2 is 1.20 bits per heavy atom. The Morgan fingerprint density at radius 1 is 0.643 bits per heavy atom. The first-order valence-electron chi connectivity index (χ1n) is 21.1. The van der Waals surface area contributed by atoms with Crippen molar-refractivity contribution in [1.82, 2.24) is 0 Å². The largest absolute Gasteiger partial charge is 0.472 e. The monoisotopic (exact) mass is 814 g/mol. The lowest BCUT2D eigenvalue weighted by molar-refractivity contribution is -0.161. The van der Waals surface area contributed by atoms with Gasteiger partial charge in [0.25, 0.3) is 0 Å². The molecule has 324 valence electrons. The number of carbonyl (C=O) groups is 2. The van der Waals surface area contributed by atoms with E-state index in [2.05, 4.69) is 26.0 Å². The molecule has 0 spiro atoms. The molecule has 0 amide bonds. The van der Waals surface area contributed by atoms with E-state index in [1.165, 1.54) is 51.0 Å². The minimum absolute atomic E-state index is 0.00162. The summed E-state index contributed by atoms with van der Waals surface area (Å²) in [6, 6.07) is 0. The highest BCUT2D eigenvalue weighted by molar-refractivity contribution is 7.47. The van der Waals surface area contributed by atoms with Gasteiger partial charge in [0.1, 0.15) is 6.61 Å². The fourth-order valence-electron chi connectivity index (χ4n) is 5.42. The Kier molecular flexibility index (Phi) is 36.5. The predicted molar refractivity (Wildman–Crippen MR) is 224 cm³/mol. The number of hydrogen-bond acceptors (Lipinski definition) is 11. The summed E-state index contributed by atoms with van der Waals surface area (Å²) in [6.45, 7) is 3.20. The van der Waals surface area contributed by atoms with E-state index in [4.69, 9.17) is 24.3 Å². The summed E-state index contributed by atoms with van der Waals surface area (Å²) in [5.41, 5.74) is 5.32. The van der Waals surface area contributed by atoms with Crippen molar-refractivity contribution in [2.24, 2.45) is 5.73 Å². The molecule has 0 saturated heterocycles. The molecule has 0 radical (unpaired) electrons. The second kappa shape index (κ2) is 38.1. The first-order chi connectivity index (χ1) is 27.0. The summed E-state index contributed by atoms with van der Waals surface area (Å²) in [4.78, 5) is 34.9. The SMILES string of the molecule is CCCCCC/C=C\CCCCCCCCCC(=O)O[C@H](COC(=O)CCC[C@@H](O)[C@H](O)/C=C/C=C/C=C\C=C\[C@H](O)CCCCC)COP(=O)(O)OCCN. The zero-order valence-electron chi connectivity index (χ0n) is 34.4. The van der Waals surface area contributed by atoms with Crippen LogP contribution in [0.3, 0.4) is 0 Å². The van der Waals surface area contributed by atoms with Crippen LogP contribution in [-0.4, -0.2) is 82.9 Å². The van der Waals surface area contributed by atoms with Crippen molar-refractivity contribution < 1.29 is 52.9 Å². The molecule has 0 aromatic heterocycles. The number of aliphatic hydroxyl groups excluding tert-OH is 3. The zero-order chi connectivity index (χ0) is 41.5. The van der Waals surface area contributed by atoms with Gasteiger partial charge in [-0.05, 0) is 51.4 Å². The van der Waals surface area contributed by atoms with Crippen LogP contribution in [0.4, 0.5) is 0 Å². The lowest BCUT2D eigenvalue weighted by Gasteiger charge is -2.20. The molecule has 0 aliphatic heterocycles.